The van der Waals surface area contributed by atoms with Gasteiger partial charge in [-0.2, -0.15) is 4.31 Å². The fourth-order valence-electron chi connectivity index (χ4n) is 3.57. The maximum atomic E-state index is 12.0. The highest BCUT2D eigenvalue weighted by Gasteiger charge is 2.29. The molecule has 2 fully saturated rings. The summed E-state index contributed by atoms with van der Waals surface area (Å²) in [7, 11) is -3.22. The molecule has 0 heterocycles. The smallest absolute Gasteiger partial charge is 0.221 e. The molecular weight excluding hydrogens is 288 g/mol. The van der Waals surface area contributed by atoms with Gasteiger partial charge in [-0.3, -0.25) is 4.79 Å². The van der Waals surface area contributed by atoms with Crippen LogP contribution in [0.2, 0.25) is 0 Å². The molecule has 2 aliphatic rings. The van der Waals surface area contributed by atoms with Crippen molar-refractivity contribution in [3.05, 3.63) is 0 Å². The molecule has 0 spiro atoms. The second-order valence-corrected chi connectivity index (χ2v) is 8.40. The van der Waals surface area contributed by atoms with E-state index in [0.717, 1.165) is 38.5 Å². The highest BCUT2D eigenvalue weighted by Crippen LogP contribution is 2.25. The predicted octanol–water partition coefficient (Wildman–Crippen LogP) is 2.03. The first-order valence-electron chi connectivity index (χ1n) is 8.23. The maximum absolute atomic E-state index is 12.0. The number of sulfonamides is 1. The summed E-state index contributed by atoms with van der Waals surface area (Å²) in [6.07, 6.45) is 11.3. The summed E-state index contributed by atoms with van der Waals surface area (Å²) in [4.78, 5) is 12.0. The largest absolute Gasteiger partial charge is 0.353 e. The summed E-state index contributed by atoms with van der Waals surface area (Å²) >= 11 is 0. The summed E-state index contributed by atoms with van der Waals surface area (Å²) in [5.74, 6) is -0.00598. The van der Waals surface area contributed by atoms with Gasteiger partial charge in [0.05, 0.1) is 6.26 Å². The Hall–Kier alpha value is -0.620. The van der Waals surface area contributed by atoms with E-state index in [0.29, 0.717) is 12.6 Å². The van der Waals surface area contributed by atoms with Crippen LogP contribution in [0.25, 0.3) is 0 Å². The molecule has 0 aliphatic heterocycles. The number of amides is 1. The molecule has 0 aromatic rings. The zero-order valence-electron chi connectivity index (χ0n) is 13.0. The summed E-state index contributed by atoms with van der Waals surface area (Å²) in [5.41, 5.74) is 0. The van der Waals surface area contributed by atoms with Crippen molar-refractivity contribution in [1.29, 1.82) is 0 Å². The van der Waals surface area contributed by atoms with Crippen LogP contribution in [0, 0.1) is 0 Å². The number of hydrogen-bond acceptors (Lipinski definition) is 3. The molecule has 5 nitrogen and oxygen atoms in total. The van der Waals surface area contributed by atoms with Gasteiger partial charge in [-0.05, 0) is 25.7 Å². The number of carbonyl (C=O) groups is 1. The van der Waals surface area contributed by atoms with Gasteiger partial charge in [0.1, 0.15) is 0 Å². The van der Waals surface area contributed by atoms with Gasteiger partial charge in [0.2, 0.25) is 15.9 Å². The van der Waals surface area contributed by atoms with E-state index in [4.69, 9.17) is 0 Å². The maximum Gasteiger partial charge on any atom is 0.221 e. The Kier molecular flexibility index (Phi) is 6.05. The monoisotopic (exact) mass is 316 g/mol. The van der Waals surface area contributed by atoms with E-state index >= 15 is 0 Å². The van der Waals surface area contributed by atoms with E-state index in [1.807, 2.05) is 0 Å². The average Bonchev–Trinajstić information content (AvgIpc) is 2.92. The minimum Gasteiger partial charge on any atom is -0.353 e. The highest BCUT2D eigenvalue weighted by molar-refractivity contribution is 7.88. The molecule has 0 aromatic carbocycles. The van der Waals surface area contributed by atoms with Crippen molar-refractivity contribution in [3.63, 3.8) is 0 Å². The first kappa shape index (κ1) is 16.7. The van der Waals surface area contributed by atoms with Crippen LogP contribution in [0.15, 0.2) is 0 Å². The minimum absolute atomic E-state index is 0.00598. The van der Waals surface area contributed by atoms with Crippen LogP contribution in [-0.2, 0) is 14.8 Å². The van der Waals surface area contributed by atoms with Crippen molar-refractivity contribution in [2.45, 2.75) is 76.3 Å². The van der Waals surface area contributed by atoms with Gasteiger partial charge < -0.3 is 5.32 Å². The number of rotatable bonds is 6. The van der Waals surface area contributed by atoms with E-state index in [-0.39, 0.29) is 18.4 Å². The van der Waals surface area contributed by atoms with Gasteiger partial charge in [0, 0.05) is 25.0 Å². The first-order chi connectivity index (χ1) is 9.97. The normalized spacial score (nSPS) is 21.8. The highest BCUT2D eigenvalue weighted by atomic mass is 32.2. The summed E-state index contributed by atoms with van der Waals surface area (Å²) in [6, 6.07) is 0.395. The van der Waals surface area contributed by atoms with Crippen molar-refractivity contribution in [2.24, 2.45) is 0 Å². The lowest BCUT2D eigenvalue weighted by molar-refractivity contribution is -0.122. The zero-order chi connectivity index (χ0) is 15.3. The molecule has 0 unspecified atom stereocenters. The first-order valence-corrected chi connectivity index (χ1v) is 10.1. The van der Waals surface area contributed by atoms with Crippen molar-refractivity contribution in [2.75, 3.05) is 12.8 Å². The Bertz CT molecular complexity index is 438. The van der Waals surface area contributed by atoms with Gasteiger partial charge in [-0.1, -0.05) is 32.1 Å². The van der Waals surface area contributed by atoms with Crippen molar-refractivity contribution < 1.29 is 13.2 Å². The molecule has 1 amide bonds. The lowest BCUT2D eigenvalue weighted by Crippen LogP contribution is -2.42. The fourth-order valence-corrected chi connectivity index (χ4v) is 4.75. The van der Waals surface area contributed by atoms with E-state index in [1.54, 1.807) is 4.31 Å². The molecule has 1 N–H and O–H groups in total. The van der Waals surface area contributed by atoms with Crippen LogP contribution in [0.4, 0.5) is 0 Å². The lowest BCUT2D eigenvalue weighted by atomic mass is 9.95. The Labute approximate surface area is 128 Å². The molecule has 0 saturated heterocycles. The lowest BCUT2D eigenvalue weighted by Gasteiger charge is -2.27. The molecule has 122 valence electrons. The average molecular weight is 316 g/mol. The second kappa shape index (κ2) is 7.58. The second-order valence-electron chi connectivity index (χ2n) is 6.46. The van der Waals surface area contributed by atoms with Gasteiger partial charge in [0.25, 0.3) is 0 Å². The third-order valence-corrected chi connectivity index (χ3v) is 6.02. The zero-order valence-corrected chi connectivity index (χ0v) is 13.8. The van der Waals surface area contributed by atoms with Crippen LogP contribution in [0.5, 0.6) is 0 Å². The van der Waals surface area contributed by atoms with Crippen LogP contribution < -0.4 is 5.32 Å². The van der Waals surface area contributed by atoms with Crippen molar-refractivity contribution in [3.8, 4) is 0 Å². The molecule has 21 heavy (non-hydrogen) atoms. The number of nitrogens with zero attached hydrogens (tertiary/aromatic N) is 1. The third-order valence-electron chi connectivity index (χ3n) is 4.69. The van der Waals surface area contributed by atoms with Crippen LogP contribution in [0.1, 0.15) is 64.2 Å². The van der Waals surface area contributed by atoms with Gasteiger partial charge in [-0.25, -0.2) is 8.42 Å². The van der Waals surface area contributed by atoms with Crippen molar-refractivity contribution in [1.82, 2.24) is 9.62 Å². The molecule has 2 aliphatic carbocycles. The third kappa shape index (κ3) is 5.25. The number of hydrogen-bond donors (Lipinski definition) is 1. The molecule has 2 rings (SSSR count). The van der Waals surface area contributed by atoms with E-state index in [9.17, 15) is 13.2 Å². The quantitative estimate of drug-likeness (QED) is 0.815. The molecule has 2 saturated carbocycles. The van der Waals surface area contributed by atoms with Crippen LogP contribution in [-0.4, -0.2) is 43.5 Å². The fraction of sp³-hybridized carbons (Fsp3) is 0.933. The summed E-state index contributed by atoms with van der Waals surface area (Å²) in [6.45, 7) is 0.321. The van der Waals surface area contributed by atoms with Gasteiger partial charge in [0.15, 0.2) is 0 Å². The predicted molar refractivity (Wildman–Crippen MR) is 83.4 cm³/mol. The Balaban J connectivity index is 1.81. The number of carbonyl (C=O) groups excluding carboxylic acids is 1. The molecule has 0 bridgehead atoms. The van der Waals surface area contributed by atoms with E-state index < -0.39 is 10.0 Å². The summed E-state index contributed by atoms with van der Waals surface area (Å²) < 4.78 is 25.4. The molecule has 0 radical (unpaired) electrons. The SMILES string of the molecule is CS(=O)(=O)N(CCC(=O)NC1CCCCC1)C1CCCC1. The standard InChI is InChI=1S/C15H28N2O3S/c1-21(19,20)17(14-9-5-6-10-14)12-11-15(18)16-13-7-3-2-4-8-13/h13-14H,2-12H2,1H3,(H,16,18). The Morgan fingerprint density at radius 1 is 1.05 bits per heavy atom. The summed E-state index contributed by atoms with van der Waals surface area (Å²) in [5, 5.41) is 3.06. The Morgan fingerprint density at radius 3 is 2.19 bits per heavy atom. The van der Waals surface area contributed by atoms with Crippen LogP contribution >= 0.6 is 0 Å². The molecule has 0 aromatic heterocycles. The van der Waals surface area contributed by atoms with E-state index in [2.05, 4.69) is 5.32 Å². The topological polar surface area (TPSA) is 66.5 Å². The van der Waals surface area contributed by atoms with Gasteiger partial charge in [-0.15, -0.1) is 0 Å². The molecular formula is C15H28N2O3S. The van der Waals surface area contributed by atoms with E-state index in [1.165, 1.54) is 25.5 Å². The van der Waals surface area contributed by atoms with Crippen LogP contribution in [0.3, 0.4) is 0 Å². The molecule has 6 heteroatoms. The van der Waals surface area contributed by atoms with Crippen molar-refractivity contribution >= 4 is 15.9 Å². The molecule has 0 atom stereocenters. The number of nitrogens with one attached hydrogen (secondary N) is 1. The minimum atomic E-state index is -3.22. The Morgan fingerprint density at radius 2 is 1.62 bits per heavy atom. The van der Waals surface area contributed by atoms with Gasteiger partial charge >= 0.3 is 0 Å².